The second kappa shape index (κ2) is 12.4. The van der Waals surface area contributed by atoms with Crippen molar-refractivity contribution >= 4 is 22.7 Å². The number of nitrogens with one attached hydrogen (secondary N) is 2. The van der Waals surface area contributed by atoms with Gasteiger partial charge >= 0.3 is 0 Å². The second-order valence-corrected chi connectivity index (χ2v) is 9.68. The molecular weight excluding hydrogens is 496 g/mol. The highest BCUT2D eigenvalue weighted by molar-refractivity contribution is 6.05. The summed E-state index contributed by atoms with van der Waals surface area (Å²) in [6.07, 6.45) is 4.62. The van der Waals surface area contributed by atoms with Crippen molar-refractivity contribution in [1.29, 1.82) is 0 Å². The predicted octanol–water partition coefficient (Wildman–Crippen LogP) is 3.64. The summed E-state index contributed by atoms with van der Waals surface area (Å²) in [6, 6.07) is 1.99. The highest BCUT2D eigenvalue weighted by Crippen LogP contribution is 2.36. The number of hydrogen-bond donors (Lipinski definition) is 3. The Balaban J connectivity index is 1.97. The third-order valence-corrected chi connectivity index (χ3v) is 6.76. The Labute approximate surface area is 229 Å². The molecule has 0 aromatic carbocycles. The molecule has 4 N–H and O–H groups in total. The van der Waals surface area contributed by atoms with Gasteiger partial charge in [-0.25, -0.2) is 4.68 Å². The normalized spacial score (nSPS) is 21.4. The topological polar surface area (TPSA) is 137 Å². The van der Waals surface area contributed by atoms with Crippen LogP contribution in [0.4, 0.5) is 0 Å². The number of nitrogens with two attached hydrogens (primary N) is 1. The first-order valence-electron chi connectivity index (χ1n) is 13.4. The van der Waals surface area contributed by atoms with Gasteiger partial charge in [0.1, 0.15) is 17.3 Å². The fraction of sp³-hybridized carbons (Fsp3) is 0.500. The second-order valence-electron chi connectivity index (χ2n) is 9.68. The van der Waals surface area contributed by atoms with E-state index < -0.39 is 0 Å². The average Bonchev–Trinajstić information content (AvgIpc) is 3.45. The van der Waals surface area contributed by atoms with Gasteiger partial charge in [0, 0.05) is 38.7 Å². The summed E-state index contributed by atoms with van der Waals surface area (Å²) in [5.74, 6) is 0.961. The van der Waals surface area contributed by atoms with E-state index in [0.29, 0.717) is 38.1 Å². The maximum Gasteiger partial charge on any atom is 0.221 e. The van der Waals surface area contributed by atoms with Gasteiger partial charge in [-0.05, 0) is 52.3 Å². The molecule has 0 saturated heterocycles. The Morgan fingerprint density at radius 3 is 2.79 bits per heavy atom. The molecule has 2 bridgehead atoms. The molecule has 1 aliphatic rings. The lowest BCUT2D eigenvalue weighted by Gasteiger charge is -2.24. The van der Waals surface area contributed by atoms with Crippen molar-refractivity contribution in [2.45, 2.75) is 59.8 Å². The first kappa shape index (κ1) is 28.3. The minimum atomic E-state index is -0.200. The van der Waals surface area contributed by atoms with E-state index in [9.17, 15) is 0 Å². The number of aromatic nitrogens is 5. The molecule has 1 aliphatic heterocycles. The molecule has 0 saturated carbocycles. The molecule has 39 heavy (non-hydrogen) atoms. The van der Waals surface area contributed by atoms with E-state index in [2.05, 4.69) is 29.4 Å². The number of aryl methyl sites for hydroxylation is 2. The first-order chi connectivity index (χ1) is 18.8. The molecule has 210 valence electrons. The van der Waals surface area contributed by atoms with Gasteiger partial charge in [-0.3, -0.25) is 15.1 Å². The van der Waals surface area contributed by atoms with E-state index in [4.69, 9.17) is 35.0 Å². The Bertz CT molecular complexity index is 1400. The Morgan fingerprint density at radius 2 is 2.08 bits per heavy atom. The van der Waals surface area contributed by atoms with Crippen LogP contribution in [0.5, 0.6) is 5.88 Å². The lowest BCUT2D eigenvalue weighted by atomic mass is 10.1. The smallest absolute Gasteiger partial charge is 0.221 e. The maximum absolute atomic E-state index is 6.56. The molecule has 2 atom stereocenters. The van der Waals surface area contributed by atoms with Crippen molar-refractivity contribution in [3.05, 3.63) is 40.7 Å². The molecule has 0 radical (unpaired) electrons. The molecule has 0 amide bonds. The van der Waals surface area contributed by atoms with Crippen molar-refractivity contribution in [3.63, 3.8) is 0 Å². The zero-order valence-corrected chi connectivity index (χ0v) is 24.0. The summed E-state index contributed by atoms with van der Waals surface area (Å²) in [6.45, 7) is 12.0. The van der Waals surface area contributed by atoms with Crippen LogP contribution in [0.15, 0.2) is 28.6 Å². The van der Waals surface area contributed by atoms with Gasteiger partial charge in [0.05, 0.1) is 47.1 Å². The number of aliphatic imine (C=N–C) groups is 1. The van der Waals surface area contributed by atoms with E-state index in [1.165, 1.54) is 0 Å². The van der Waals surface area contributed by atoms with Gasteiger partial charge in [-0.15, -0.1) is 0 Å². The SMILES string of the molecule is CCCN=C1CNC(C)C(C)Oc2c(c(COC)nn2C)-c2cc3c([nH]nc3c(C)n2)/C=C/C1=C(/N)OCC. The molecule has 4 heterocycles. The van der Waals surface area contributed by atoms with Crippen LogP contribution in [-0.2, 0) is 23.1 Å². The molecule has 0 spiro atoms. The van der Waals surface area contributed by atoms with Crippen LogP contribution in [0.2, 0.25) is 0 Å². The number of pyridine rings is 1. The minimum absolute atomic E-state index is 0.0248. The van der Waals surface area contributed by atoms with E-state index in [0.717, 1.165) is 56.9 Å². The number of ether oxygens (including phenoxy) is 3. The van der Waals surface area contributed by atoms with Crippen LogP contribution in [-0.4, -0.2) is 69.6 Å². The van der Waals surface area contributed by atoms with Crippen molar-refractivity contribution < 1.29 is 14.2 Å². The van der Waals surface area contributed by atoms with Crippen molar-refractivity contribution in [2.24, 2.45) is 17.8 Å². The van der Waals surface area contributed by atoms with E-state index in [1.807, 2.05) is 46.0 Å². The summed E-state index contributed by atoms with van der Waals surface area (Å²) >= 11 is 0. The predicted molar refractivity (Wildman–Crippen MR) is 154 cm³/mol. The monoisotopic (exact) mass is 536 g/mol. The Morgan fingerprint density at radius 1 is 1.28 bits per heavy atom. The zero-order chi connectivity index (χ0) is 28.1. The van der Waals surface area contributed by atoms with Crippen LogP contribution in [0.1, 0.15) is 51.2 Å². The molecule has 4 rings (SSSR count). The molecule has 11 heteroatoms. The maximum atomic E-state index is 6.56. The van der Waals surface area contributed by atoms with Gasteiger partial charge < -0.3 is 25.3 Å². The zero-order valence-electron chi connectivity index (χ0n) is 24.0. The third kappa shape index (κ3) is 5.99. The summed E-state index contributed by atoms with van der Waals surface area (Å²) in [7, 11) is 3.53. The quantitative estimate of drug-likeness (QED) is 0.406. The average molecular weight is 537 g/mol. The first-order valence-corrected chi connectivity index (χ1v) is 13.4. The summed E-state index contributed by atoms with van der Waals surface area (Å²) in [5.41, 5.74) is 12.7. The van der Waals surface area contributed by atoms with Crippen LogP contribution in [0.25, 0.3) is 28.2 Å². The highest BCUT2D eigenvalue weighted by Gasteiger charge is 2.26. The number of aromatic amines is 1. The van der Waals surface area contributed by atoms with E-state index >= 15 is 0 Å². The van der Waals surface area contributed by atoms with Crippen LogP contribution >= 0.6 is 0 Å². The fourth-order valence-corrected chi connectivity index (χ4v) is 4.54. The molecule has 11 nitrogen and oxygen atoms in total. The number of H-pyrrole nitrogens is 1. The van der Waals surface area contributed by atoms with Crippen molar-refractivity contribution in [3.8, 4) is 17.1 Å². The number of allylic oxidation sites excluding steroid dienone is 1. The fourth-order valence-electron chi connectivity index (χ4n) is 4.54. The summed E-state index contributed by atoms with van der Waals surface area (Å²) in [5, 5.41) is 16.9. The van der Waals surface area contributed by atoms with Gasteiger partial charge in [0.15, 0.2) is 5.88 Å². The molecule has 0 aliphatic carbocycles. The largest absolute Gasteiger partial charge is 0.479 e. The summed E-state index contributed by atoms with van der Waals surface area (Å²) in [4.78, 5) is 9.76. The highest BCUT2D eigenvalue weighted by atomic mass is 16.5. The number of fused-ring (bicyclic) bond motifs is 3. The van der Waals surface area contributed by atoms with Gasteiger partial charge in [-0.2, -0.15) is 10.2 Å². The van der Waals surface area contributed by atoms with E-state index in [-0.39, 0.29) is 12.1 Å². The molecule has 2 unspecified atom stereocenters. The summed E-state index contributed by atoms with van der Waals surface area (Å²) < 4.78 is 19.5. The van der Waals surface area contributed by atoms with Crippen LogP contribution in [0.3, 0.4) is 0 Å². The van der Waals surface area contributed by atoms with Crippen LogP contribution < -0.4 is 15.8 Å². The number of methoxy groups -OCH3 is 1. The Kier molecular flexibility index (Phi) is 9.03. The van der Waals surface area contributed by atoms with E-state index in [1.54, 1.807) is 11.8 Å². The van der Waals surface area contributed by atoms with Crippen molar-refractivity contribution in [2.75, 3.05) is 26.8 Å². The number of hydrogen-bond acceptors (Lipinski definition) is 9. The third-order valence-electron chi connectivity index (χ3n) is 6.76. The van der Waals surface area contributed by atoms with Gasteiger partial charge in [0.2, 0.25) is 5.88 Å². The van der Waals surface area contributed by atoms with Crippen molar-refractivity contribution in [1.82, 2.24) is 30.3 Å². The van der Waals surface area contributed by atoms with Gasteiger partial charge in [0.25, 0.3) is 0 Å². The van der Waals surface area contributed by atoms with Gasteiger partial charge in [-0.1, -0.05) is 6.92 Å². The number of nitrogens with zero attached hydrogens (tertiary/aromatic N) is 5. The molecule has 0 fully saturated rings. The van der Waals surface area contributed by atoms with Crippen LogP contribution in [0, 0.1) is 6.92 Å². The Hall–Kier alpha value is -3.70. The molecular formula is C28H40N8O3. The number of rotatable bonds is 6. The minimum Gasteiger partial charge on any atom is -0.479 e. The molecule has 3 aromatic rings. The standard InChI is InChI=1S/C28H40N8O3/c1-8-12-30-23-14-31-16(3)18(5)39-28-25(24(15-37-7)35-36(28)6)22-13-20-21(33-34-26(20)17(4)32-22)11-10-19(23)27(29)38-9-2/h10-11,13,16,18,31H,8-9,12,14-15,29H2,1-7H3,(H,33,34)/b11-10+,27-19+,30-23?. The lowest BCUT2D eigenvalue weighted by Crippen LogP contribution is -2.42. The lowest BCUT2D eigenvalue weighted by molar-refractivity contribution is 0.167. The molecule has 3 aromatic heterocycles.